The van der Waals surface area contributed by atoms with Crippen molar-refractivity contribution in [2.45, 2.75) is 32.9 Å². The average molecular weight is 249 g/mol. The molecule has 4 heteroatoms. The Labute approximate surface area is 106 Å². The van der Waals surface area contributed by atoms with Gasteiger partial charge in [0.05, 0.1) is 5.69 Å². The van der Waals surface area contributed by atoms with Gasteiger partial charge in [-0.3, -0.25) is 4.68 Å². The molecule has 3 nitrogen and oxygen atoms in total. The lowest BCUT2D eigenvalue weighted by Crippen LogP contribution is -2.14. The highest BCUT2D eigenvalue weighted by atomic mass is 32.1. The van der Waals surface area contributed by atoms with Gasteiger partial charge in [0.15, 0.2) is 0 Å². The maximum atomic E-state index is 4.54. The number of nitrogens with one attached hydrogen (secondary N) is 1. The molecule has 0 atom stereocenters. The van der Waals surface area contributed by atoms with Crippen LogP contribution in [0.1, 0.15) is 23.9 Å². The molecule has 0 aromatic carbocycles. The monoisotopic (exact) mass is 249 g/mol. The third-order valence-electron chi connectivity index (χ3n) is 2.60. The van der Waals surface area contributed by atoms with Gasteiger partial charge in [-0.15, -0.1) is 11.3 Å². The SMILES string of the molecule is CCCNCc1ccn(CCc2cccs2)n1. The van der Waals surface area contributed by atoms with Crippen molar-refractivity contribution in [3.05, 3.63) is 40.3 Å². The van der Waals surface area contributed by atoms with Crippen molar-refractivity contribution in [2.24, 2.45) is 0 Å². The summed E-state index contributed by atoms with van der Waals surface area (Å²) in [6, 6.07) is 6.37. The summed E-state index contributed by atoms with van der Waals surface area (Å²) in [5, 5.41) is 10.0. The van der Waals surface area contributed by atoms with Crippen LogP contribution in [0.25, 0.3) is 0 Å². The Hall–Kier alpha value is -1.13. The minimum absolute atomic E-state index is 0.875. The first kappa shape index (κ1) is 12.3. The Morgan fingerprint density at radius 3 is 3.12 bits per heavy atom. The molecule has 0 radical (unpaired) electrons. The average Bonchev–Trinajstić information content (AvgIpc) is 2.98. The van der Waals surface area contributed by atoms with Crippen LogP contribution in [0.3, 0.4) is 0 Å². The molecule has 2 aromatic heterocycles. The van der Waals surface area contributed by atoms with Crippen LogP contribution in [0.2, 0.25) is 0 Å². The van der Waals surface area contributed by atoms with E-state index in [-0.39, 0.29) is 0 Å². The van der Waals surface area contributed by atoms with E-state index in [2.05, 4.69) is 47.1 Å². The summed E-state index contributed by atoms with van der Waals surface area (Å²) in [6.45, 7) is 5.07. The fourth-order valence-electron chi connectivity index (χ4n) is 1.70. The van der Waals surface area contributed by atoms with E-state index in [0.29, 0.717) is 0 Å². The topological polar surface area (TPSA) is 29.9 Å². The first-order valence-corrected chi connectivity index (χ1v) is 7.02. The van der Waals surface area contributed by atoms with Crippen LogP contribution in [0.15, 0.2) is 29.8 Å². The Morgan fingerprint density at radius 1 is 1.41 bits per heavy atom. The first-order valence-electron chi connectivity index (χ1n) is 6.14. The van der Waals surface area contributed by atoms with Crippen molar-refractivity contribution in [1.82, 2.24) is 15.1 Å². The fraction of sp³-hybridized carbons (Fsp3) is 0.462. The molecular weight excluding hydrogens is 230 g/mol. The van der Waals surface area contributed by atoms with Gasteiger partial charge in [-0.2, -0.15) is 5.10 Å². The van der Waals surface area contributed by atoms with Gasteiger partial charge in [0.2, 0.25) is 0 Å². The molecule has 0 spiro atoms. The van der Waals surface area contributed by atoms with Crippen LogP contribution in [0.4, 0.5) is 0 Å². The molecule has 0 aliphatic heterocycles. The number of thiophene rings is 1. The number of aromatic nitrogens is 2. The minimum atomic E-state index is 0.875. The molecule has 1 N–H and O–H groups in total. The zero-order valence-corrected chi connectivity index (χ0v) is 11.0. The van der Waals surface area contributed by atoms with Gasteiger partial charge in [0.25, 0.3) is 0 Å². The smallest absolute Gasteiger partial charge is 0.0762 e. The van der Waals surface area contributed by atoms with Crippen LogP contribution < -0.4 is 5.32 Å². The molecular formula is C13H19N3S. The van der Waals surface area contributed by atoms with Crippen molar-refractivity contribution in [2.75, 3.05) is 6.54 Å². The van der Waals surface area contributed by atoms with Gasteiger partial charge in [-0.05, 0) is 30.5 Å². The summed E-state index contributed by atoms with van der Waals surface area (Å²) in [7, 11) is 0. The lowest BCUT2D eigenvalue weighted by Gasteiger charge is -2.00. The Balaban J connectivity index is 1.77. The van der Waals surface area contributed by atoms with Gasteiger partial charge in [0, 0.05) is 30.6 Å². The van der Waals surface area contributed by atoms with E-state index in [1.54, 1.807) is 0 Å². The third kappa shape index (κ3) is 3.98. The van der Waals surface area contributed by atoms with Crippen molar-refractivity contribution in [3.63, 3.8) is 0 Å². The highest BCUT2D eigenvalue weighted by Crippen LogP contribution is 2.10. The summed E-state index contributed by atoms with van der Waals surface area (Å²) in [6.07, 6.45) is 4.30. The molecule has 2 rings (SSSR count). The van der Waals surface area contributed by atoms with E-state index in [0.717, 1.165) is 31.7 Å². The number of hydrogen-bond donors (Lipinski definition) is 1. The second kappa shape index (κ2) is 6.57. The van der Waals surface area contributed by atoms with Gasteiger partial charge >= 0.3 is 0 Å². The number of hydrogen-bond acceptors (Lipinski definition) is 3. The summed E-state index contributed by atoms with van der Waals surface area (Å²) in [5.74, 6) is 0. The van der Waals surface area contributed by atoms with Crippen molar-refractivity contribution in [1.29, 1.82) is 0 Å². The van der Waals surface area contributed by atoms with Crippen molar-refractivity contribution < 1.29 is 0 Å². The minimum Gasteiger partial charge on any atom is -0.311 e. The zero-order valence-electron chi connectivity index (χ0n) is 10.2. The standard InChI is InChI=1S/C13H19N3S/c1-2-7-14-11-12-5-8-16(15-12)9-6-13-4-3-10-17-13/h3-5,8,10,14H,2,6-7,9,11H2,1H3. The molecule has 0 aliphatic carbocycles. The number of nitrogens with zero attached hydrogens (tertiary/aromatic N) is 2. The van der Waals surface area contributed by atoms with E-state index in [4.69, 9.17) is 0 Å². The fourth-order valence-corrected chi connectivity index (χ4v) is 2.39. The quantitative estimate of drug-likeness (QED) is 0.765. The highest BCUT2D eigenvalue weighted by Gasteiger charge is 1.99. The number of aryl methyl sites for hydroxylation is 2. The number of rotatable bonds is 7. The maximum Gasteiger partial charge on any atom is 0.0762 e. The van der Waals surface area contributed by atoms with Crippen LogP contribution in [-0.2, 0) is 19.5 Å². The molecule has 0 fully saturated rings. The van der Waals surface area contributed by atoms with Gasteiger partial charge in [-0.25, -0.2) is 0 Å². The van der Waals surface area contributed by atoms with E-state index >= 15 is 0 Å². The van der Waals surface area contributed by atoms with E-state index < -0.39 is 0 Å². The van der Waals surface area contributed by atoms with Crippen LogP contribution >= 0.6 is 11.3 Å². The van der Waals surface area contributed by atoms with Crippen molar-refractivity contribution >= 4 is 11.3 Å². The summed E-state index contributed by atoms with van der Waals surface area (Å²) in [5.41, 5.74) is 1.13. The van der Waals surface area contributed by atoms with Gasteiger partial charge in [0.1, 0.15) is 0 Å². The maximum absolute atomic E-state index is 4.54. The first-order chi connectivity index (χ1) is 8.38. The zero-order chi connectivity index (χ0) is 11.9. The molecule has 0 bridgehead atoms. The normalized spacial score (nSPS) is 10.9. The predicted octanol–water partition coefficient (Wildman–Crippen LogP) is 2.69. The summed E-state index contributed by atoms with van der Waals surface area (Å²) in [4.78, 5) is 1.42. The lowest BCUT2D eigenvalue weighted by atomic mass is 10.3. The van der Waals surface area contributed by atoms with Crippen LogP contribution in [0.5, 0.6) is 0 Å². The van der Waals surface area contributed by atoms with Gasteiger partial charge < -0.3 is 5.32 Å². The third-order valence-corrected chi connectivity index (χ3v) is 3.53. The van der Waals surface area contributed by atoms with E-state index in [1.165, 1.54) is 11.3 Å². The van der Waals surface area contributed by atoms with E-state index in [9.17, 15) is 0 Å². The van der Waals surface area contributed by atoms with E-state index in [1.807, 2.05) is 16.0 Å². The molecule has 17 heavy (non-hydrogen) atoms. The molecule has 0 unspecified atom stereocenters. The molecule has 0 saturated heterocycles. The highest BCUT2D eigenvalue weighted by molar-refractivity contribution is 7.09. The van der Waals surface area contributed by atoms with Gasteiger partial charge in [-0.1, -0.05) is 13.0 Å². The molecule has 2 heterocycles. The Bertz CT molecular complexity index is 420. The summed E-state index contributed by atoms with van der Waals surface area (Å²) >= 11 is 1.81. The predicted molar refractivity (Wildman–Crippen MR) is 72.2 cm³/mol. The molecule has 0 aliphatic rings. The summed E-state index contributed by atoms with van der Waals surface area (Å²) < 4.78 is 2.03. The van der Waals surface area contributed by atoms with Crippen molar-refractivity contribution in [3.8, 4) is 0 Å². The largest absolute Gasteiger partial charge is 0.311 e. The second-order valence-corrected chi connectivity index (χ2v) is 5.11. The molecule has 2 aromatic rings. The molecule has 92 valence electrons. The van der Waals surface area contributed by atoms with Crippen LogP contribution in [-0.4, -0.2) is 16.3 Å². The van der Waals surface area contributed by atoms with Crippen LogP contribution in [0, 0.1) is 0 Å². The Morgan fingerprint density at radius 2 is 2.35 bits per heavy atom. The molecule has 0 saturated carbocycles. The second-order valence-electron chi connectivity index (χ2n) is 4.08. The lowest BCUT2D eigenvalue weighted by molar-refractivity contribution is 0.592. The molecule has 0 amide bonds. The Kier molecular flexibility index (Phi) is 4.76.